The fourth-order valence-electron chi connectivity index (χ4n) is 2.25. The summed E-state index contributed by atoms with van der Waals surface area (Å²) in [5.41, 5.74) is 1.47. The summed E-state index contributed by atoms with van der Waals surface area (Å²) >= 11 is 3.32. The van der Waals surface area contributed by atoms with Gasteiger partial charge >= 0.3 is 0 Å². The Morgan fingerprint density at radius 1 is 1.12 bits per heavy atom. The molecule has 26 heavy (non-hydrogen) atoms. The number of ether oxygens (including phenoxy) is 1. The number of halogens is 1. The van der Waals surface area contributed by atoms with Crippen molar-refractivity contribution < 1.29 is 17.9 Å². The molecule has 0 bridgehead atoms. The number of carbonyl (C=O) groups is 1. The van der Waals surface area contributed by atoms with Crippen molar-refractivity contribution in [2.24, 2.45) is 0 Å². The quantitative estimate of drug-likeness (QED) is 0.607. The van der Waals surface area contributed by atoms with Gasteiger partial charge in [0.2, 0.25) is 15.9 Å². The Bertz CT molecular complexity index is 828. The Morgan fingerprint density at radius 3 is 2.42 bits per heavy atom. The van der Waals surface area contributed by atoms with Gasteiger partial charge in [-0.1, -0.05) is 42.5 Å². The standard InChI is InChI=1S/C18H21BrN2O4S/c1-26(23,24)21(17-10-6-5-9-16(17)19)13-18(22)20-11-12-25-14-15-7-3-2-4-8-15/h2-10H,11-14H2,1H3,(H,20,22). The highest BCUT2D eigenvalue weighted by Gasteiger charge is 2.22. The molecule has 0 aliphatic heterocycles. The first-order valence-electron chi connectivity index (χ1n) is 7.98. The van der Waals surface area contributed by atoms with E-state index in [2.05, 4.69) is 21.2 Å². The smallest absolute Gasteiger partial charge is 0.240 e. The van der Waals surface area contributed by atoms with Gasteiger partial charge in [-0.2, -0.15) is 0 Å². The van der Waals surface area contributed by atoms with Crippen molar-refractivity contribution >= 4 is 37.5 Å². The molecule has 2 rings (SSSR count). The average molecular weight is 441 g/mol. The molecule has 0 spiro atoms. The molecule has 2 aromatic rings. The fraction of sp³-hybridized carbons (Fsp3) is 0.278. The highest BCUT2D eigenvalue weighted by Crippen LogP contribution is 2.27. The fourth-order valence-corrected chi connectivity index (χ4v) is 3.73. The van der Waals surface area contributed by atoms with Gasteiger partial charge in [0.1, 0.15) is 6.54 Å². The first-order chi connectivity index (χ1) is 12.4. The second-order valence-electron chi connectivity index (χ2n) is 5.61. The van der Waals surface area contributed by atoms with Crippen LogP contribution in [0.4, 0.5) is 5.69 Å². The lowest BCUT2D eigenvalue weighted by Crippen LogP contribution is -2.41. The van der Waals surface area contributed by atoms with Crippen molar-refractivity contribution in [2.45, 2.75) is 6.61 Å². The molecule has 8 heteroatoms. The van der Waals surface area contributed by atoms with Gasteiger partial charge in [0.15, 0.2) is 0 Å². The third-order valence-corrected chi connectivity index (χ3v) is 5.29. The van der Waals surface area contributed by atoms with Crippen molar-refractivity contribution in [3.8, 4) is 0 Å². The van der Waals surface area contributed by atoms with E-state index in [-0.39, 0.29) is 6.54 Å². The van der Waals surface area contributed by atoms with Crippen LogP contribution in [-0.4, -0.2) is 40.3 Å². The van der Waals surface area contributed by atoms with E-state index in [1.807, 2.05) is 30.3 Å². The zero-order valence-electron chi connectivity index (χ0n) is 14.4. The molecule has 0 saturated heterocycles. The molecule has 6 nitrogen and oxygen atoms in total. The van der Waals surface area contributed by atoms with Gasteiger partial charge < -0.3 is 10.1 Å². The second-order valence-corrected chi connectivity index (χ2v) is 8.37. The van der Waals surface area contributed by atoms with Gasteiger partial charge in [-0.25, -0.2) is 8.42 Å². The molecule has 1 N–H and O–H groups in total. The Hall–Kier alpha value is -1.90. The molecular formula is C18H21BrN2O4S. The lowest BCUT2D eigenvalue weighted by Gasteiger charge is -2.23. The minimum atomic E-state index is -3.60. The summed E-state index contributed by atoms with van der Waals surface area (Å²) in [4.78, 5) is 12.1. The van der Waals surface area contributed by atoms with Crippen molar-refractivity contribution in [1.29, 1.82) is 0 Å². The Morgan fingerprint density at radius 2 is 1.77 bits per heavy atom. The molecule has 0 heterocycles. The third-order valence-electron chi connectivity index (χ3n) is 3.49. The minimum Gasteiger partial charge on any atom is -0.375 e. The predicted octanol–water partition coefficient (Wildman–Crippen LogP) is 2.55. The number of para-hydroxylation sites is 1. The van der Waals surface area contributed by atoms with Crippen LogP contribution in [0.3, 0.4) is 0 Å². The van der Waals surface area contributed by atoms with Crippen LogP contribution in [0.5, 0.6) is 0 Å². The molecule has 2 aromatic carbocycles. The van der Waals surface area contributed by atoms with Gasteiger partial charge in [-0.3, -0.25) is 9.10 Å². The SMILES string of the molecule is CS(=O)(=O)N(CC(=O)NCCOCc1ccccc1)c1ccccc1Br. The first kappa shape index (κ1) is 20.4. The number of anilines is 1. The number of sulfonamides is 1. The molecule has 0 aliphatic carbocycles. The Kier molecular flexibility index (Phi) is 7.62. The monoisotopic (exact) mass is 440 g/mol. The summed E-state index contributed by atoms with van der Waals surface area (Å²) < 4.78 is 31.3. The molecule has 0 saturated carbocycles. The molecule has 0 aliphatic rings. The van der Waals surface area contributed by atoms with Crippen LogP contribution in [0.25, 0.3) is 0 Å². The lowest BCUT2D eigenvalue weighted by atomic mass is 10.2. The summed E-state index contributed by atoms with van der Waals surface area (Å²) in [6.45, 7) is 0.817. The largest absolute Gasteiger partial charge is 0.375 e. The third kappa shape index (κ3) is 6.44. The van der Waals surface area contributed by atoms with Crippen LogP contribution in [0.2, 0.25) is 0 Å². The normalized spacial score (nSPS) is 11.2. The molecule has 140 valence electrons. The highest BCUT2D eigenvalue weighted by molar-refractivity contribution is 9.10. The van der Waals surface area contributed by atoms with Crippen molar-refractivity contribution in [3.05, 3.63) is 64.6 Å². The maximum absolute atomic E-state index is 12.1. The van der Waals surface area contributed by atoms with Gasteiger partial charge in [0.25, 0.3) is 0 Å². The zero-order valence-corrected chi connectivity index (χ0v) is 16.8. The van der Waals surface area contributed by atoms with E-state index < -0.39 is 15.9 Å². The lowest BCUT2D eigenvalue weighted by molar-refractivity contribution is -0.119. The van der Waals surface area contributed by atoms with E-state index in [1.54, 1.807) is 24.3 Å². The molecule has 0 fully saturated rings. The van der Waals surface area contributed by atoms with Gasteiger partial charge in [-0.05, 0) is 33.6 Å². The number of carbonyl (C=O) groups excluding carboxylic acids is 1. The van der Waals surface area contributed by atoms with Gasteiger partial charge in [0.05, 0.1) is 25.2 Å². The minimum absolute atomic E-state index is 0.292. The molecule has 0 radical (unpaired) electrons. The van der Waals surface area contributed by atoms with Crippen LogP contribution in [0.1, 0.15) is 5.56 Å². The van der Waals surface area contributed by atoms with E-state index in [0.717, 1.165) is 16.1 Å². The van der Waals surface area contributed by atoms with Crippen molar-refractivity contribution in [3.63, 3.8) is 0 Å². The number of amides is 1. The maximum atomic E-state index is 12.1. The van der Waals surface area contributed by atoms with Crippen molar-refractivity contribution in [2.75, 3.05) is 30.3 Å². The topological polar surface area (TPSA) is 75.7 Å². The summed E-state index contributed by atoms with van der Waals surface area (Å²) in [5.74, 6) is -0.394. The van der Waals surface area contributed by atoms with E-state index in [1.165, 1.54) is 0 Å². The number of benzene rings is 2. The van der Waals surface area contributed by atoms with E-state index in [0.29, 0.717) is 29.9 Å². The molecule has 1 amide bonds. The highest BCUT2D eigenvalue weighted by atomic mass is 79.9. The summed E-state index contributed by atoms with van der Waals surface area (Å²) in [7, 11) is -3.60. The summed E-state index contributed by atoms with van der Waals surface area (Å²) in [6.07, 6.45) is 1.07. The number of nitrogens with one attached hydrogen (secondary N) is 1. The van der Waals surface area contributed by atoms with E-state index in [4.69, 9.17) is 4.74 Å². The van der Waals surface area contributed by atoms with Crippen molar-refractivity contribution in [1.82, 2.24) is 5.32 Å². The number of rotatable bonds is 9. The number of hydrogen-bond acceptors (Lipinski definition) is 4. The Balaban J connectivity index is 1.83. The number of hydrogen-bond donors (Lipinski definition) is 1. The molecule has 0 aromatic heterocycles. The first-order valence-corrected chi connectivity index (χ1v) is 10.6. The Labute approximate surface area is 162 Å². The zero-order chi connectivity index (χ0) is 19.0. The van der Waals surface area contributed by atoms with E-state index in [9.17, 15) is 13.2 Å². The average Bonchev–Trinajstić information content (AvgIpc) is 2.60. The van der Waals surface area contributed by atoms with Gasteiger partial charge in [-0.15, -0.1) is 0 Å². The van der Waals surface area contributed by atoms with Gasteiger partial charge in [0, 0.05) is 11.0 Å². The van der Waals surface area contributed by atoms with Crippen LogP contribution >= 0.6 is 15.9 Å². The van der Waals surface area contributed by atoms with Crippen LogP contribution in [0, 0.1) is 0 Å². The summed E-state index contributed by atoms with van der Waals surface area (Å²) in [5, 5.41) is 2.68. The second kappa shape index (κ2) is 9.70. The predicted molar refractivity (Wildman–Crippen MR) is 105 cm³/mol. The van der Waals surface area contributed by atoms with Crippen LogP contribution in [-0.2, 0) is 26.2 Å². The van der Waals surface area contributed by atoms with Crippen LogP contribution in [0.15, 0.2) is 59.1 Å². The van der Waals surface area contributed by atoms with Crippen LogP contribution < -0.4 is 9.62 Å². The maximum Gasteiger partial charge on any atom is 0.240 e. The summed E-state index contributed by atoms with van der Waals surface area (Å²) in [6, 6.07) is 16.6. The number of nitrogens with zero attached hydrogens (tertiary/aromatic N) is 1. The molecule has 0 unspecified atom stereocenters. The molecular weight excluding hydrogens is 420 g/mol. The molecule has 0 atom stereocenters. The van der Waals surface area contributed by atoms with E-state index >= 15 is 0 Å².